The van der Waals surface area contributed by atoms with Crippen molar-refractivity contribution in [1.29, 1.82) is 0 Å². The molecule has 1 aliphatic rings. The summed E-state index contributed by atoms with van der Waals surface area (Å²) in [6.45, 7) is 7.81. The topological polar surface area (TPSA) is 120 Å². The molecule has 2 atom stereocenters. The van der Waals surface area contributed by atoms with Crippen molar-refractivity contribution in [3.05, 3.63) is 84.8 Å². The highest BCUT2D eigenvalue weighted by Gasteiger charge is 2.21. The summed E-state index contributed by atoms with van der Waals surface area (Å²) < 4.78 is 7.90. The number of carbonyl (C=O) groups is 1. The second-order valence-electron chi connectivity index (χ2n) is 10.9. The number of fused-ring (bicyclic) bond motifs is 2. The second kappa shape index (κ2) is 12.0. The quantitative estimate of drug-likeness (QED) is 0.204. The first-order valence-electron chi connectivity index (χ1n) is 14.5. The van der Waals surface area contributed by atoms with Gasteiger partial charge in [0.05, 0.1) is 16.7 Å². The van der Waals surface area contributed by atoms with Crippen LogP contribution in [0, 0.1) is 12.8 Å². The molecule has 0 radical (unpaired) electrons. The summed E-state index contributed by atoms with van der Waals surface area (Å²) in [6.07, 6.45) is 8.89. The van der Waals surface area contributed by atoms with E-state index in [1.54, 1.807) is 4.68 Å². The van der Waals surface area contributed by atoms with Gasteiger partial charge in [-0.15, -0.1) is 5.10 Å². The molecule has 3 aromatic heterocycles. The van der Waals surface area contributed by atoms with Crippen LogP contribution < -0.4 is 15.4 Å². The van der Waals surface area contributed by atoms with Gasteiger partial charge in [-0.2, -0.15) is 0 Å². The van der Waals surface area contributed by atoms with Crippen LogP contribution in [0.1, 0.15) is 43.9 Å². The molecule has 0 aliphatic heterocycles. The molecule has 0 fully saturated rings. The molecule has 0 spiro atoms. The lowest BCUT2D eigenvalue weighted by molar-refractivity contribution is -0.116. The normalized spacial score (nSPS) is 16.9. The minimum absolute atomic E-state index is 0.0644. The summed E-state index contributed by atoms with van der Waals surface area (Å²) >= 11 is 0. The van der Waals surface area contributed by atoms with Gasteiger partial charge in [-0.1, -0.05) is 31.2 Å². The molecule has 10 nitrogen and oxygen atoms in total. The van der Waals surface area contributed by atoms with E-state index in [9.17, 15) is 4.79 Å². The van der Waals surface area contributed by atoms with Crippen LogP contribution in [0.4, 0.5) is 11.5 Å². The molecule has 5 aromatic rings. The number of carbonyl (C=O) groups excluding carboxylic acids is 1. The molecule has 0 bridgehead atoms. The van der Waals surface area contributed by atoms with Crippen molar-refractivity contribution in [2.45, 2.75) is 45.6 Å². The minimum atomic E-state index is -0.166. The van der Waals surface area contributed by atoms with Gasteiger partial charge in [0.1, 0.15) is 28.9 Å². The molecule has 43 heavy (non-hydrogen) atoms. The van der Waals surface area contributed by atoms with Crippen LogP contribution in [0.3, 0.4) is 0 Å². The van der Waals surface area contributed by atoms with Crippen molar-refractivity contribution in [3.8, 4) is 11.5 Å². The Labute approximate surface area is 249 Å². The zero-order valence-electron chi connectivity index (χ0n) is 24.5. The number of hydrogen-bond acceptors (Lipinski definition) is 8. The molecular weight excluding hydrogens is 540 g/mol. The number of allylic oxidation sites excluding steroid dienone is 1. The Bertz CT molecular complexity index is 1860. The van der Waals surface area contributed by atoms with Crippen LogP contribution in [-0.4, -0.2) is 41.9 Å². The van der Waals surface area contributed by atoms with Crippen molar-refractivity contribution in [3.63, 3.8) is 0 Å². The summed E-state index contributed by atoms with van der Waals surface area (Å²) in [4.78, 5) is 26.1. The lowest BCUT2D eigenvalue weighted by Crippen LogP contribution is -2.31. The highest BCUT2D eigenvalue weighted by atomic mass is 16.5. The Hall–Kier alpha value is -5.12. The maximum atomic E-state index is 12.1. The standard InChI is InChI=1S/C33H34N8O2/c1-5-21-7-8-24(36-31(42)6-2)17-22(16-21)26-11-12-27-32(38-26)33(35-19-34-27)37-23-9-14-30(20(3)15-23)43-25-10-13-29-28(18-25)39-40-41(29)4/h6,9-15,17-19,21,24H,2,5,7-8,16H2,1,3-4H3,(H,36,42)(H,34,35,37). The van der Waals surface area contributed by atoms with E-state index in [0.717, 1.165) is 70.5 Å². The first-order valence-corrected chi connectivity index (χ1v) is 14.5. The number of rotatable bonds is 8. The van der Waals surface area contributed by atoms with E-state index in [-0.39, 0.29) is 11.9 Å². The fourth-order valence-electron chi connectivity index (χ4n) is 5.52. The number of ether oxygens (including phenoxy) is 1. The van der Waals surface area contributed by atoms with Gasteiger partial charge in [-0.3, -0.25) is 4.79 Å². The van der Waals surface area contributed by atoms with Gasteiger partial charge < -0.3 is 15.4 Å². The van der Waals surface area contributed by atoms with Crippen molar-refractivity contribution in [2.75, 3.05) is 5.32 Å². The van der Waals surface area contributed by atoms with Crippen molar-refractivity contribution >= 4 is 45.1 Å². The molecule has 1 amide bonds. The van der Waals surface area contributed by atoms with E-state index < -0.39 is 0 Å². The van der Waals surface area contributed by atoms with Crippen LogP contribution >= 0.6 is 0 Å². The summed E-state index contributed by atoms with van der Waals surface area (Å²) in [7, 11) is 1.86. The Balaban J connectivity index is 1.26. The van der Waals surface area contributed by atoms with Crippen LogP contribution in [0.15, 0.2) is 73.6 Å². The number of aryl methyl sites for hydroxylation is 2. The molecule has 6 rings (SSSR count). The summed E-state index contributed by atoms with van der Waals surface area (Å²) in [5.74, 6) is 2.40. The fraction of sp³-hybridized carbons (Fsp3) is 0.273. The SMILES string of the molecule is C=CC(=O)NC1C=C(c2ccc3ncnc(Nc4ccc(Oc5ccc6c(c5)nnn6C)c(C)c4)c3n2)CC(CC)CC1. The Morgan fingerprint density at radius 2 is 2.00 bits per heavy atom. The molecular formula is C33H34N8O2. The lowest BCUT2D eigenvalue weighted by Gasteiger charge is -2.15. The zero-order valence-corrected chi connectivity index (χ0v) is 24.5. The number of anilines is 2. The van der Waals surface area contributed by atoms with Crippen molar-refractivity contribution in [2.24, 2.45) is 13.0 Å². The predicted octanol–water partition coefficient (Wildman–Crippen LogP) is 6.42. The molecule has 0 saturated heterocycles. The largest absolute Gasteiger partial charge is 0.457 e. The number of benzene rings is 2. The number of nitrogens with zero attached hydrogens (tertiary/aromatic N) is 6. The number of nitrogens with one attached hydrogen (secondary N) is 2. The van der Waals surface area contributed by atoms with Crippen LogP contribution in [0.25, 0.3) is 27.6 Å². The third-order valence-electron chi connectivity index (χ3n) is 7.95. The van der Waals surface area contributed by atoms with E-state index in [0.29, 0.717) is 23.0 Å². The molecule has 0 saturated carbocycles. The molecule has 2 unspecified atom stereocenters. The number of pyridine rings is 1. The molecule has 2 N–H and O–H groups in total. The first kappa shape index (κ1) is 28.0. The fourth-order valence-corrected chi connectivity index (χ4v) is 5.52. The van der Waals surface area contributed by atoms with Gasteiger partial charge in [-0.05, 0) is 91.8 Å². The molecule has 1 aliphatic carbocycles. The molecule has 2 aromatic carbocycles. The molecule has 3 heterocycles. The van der Waals surface area contributed by atoms with E-state index in [2.05, 4.69) is 50.5 Å². The zero-order chi connectivity index (χ0) is 29.9. The van der Waals surface area contributed by atoms with E-state index >= 15 is 0 Å². The maximum Gasteiger partial charge on any atom is 0.243 e. The Kier molecular flexibility index (Phi) is 7.83. The van der Waals surface area contributed by atoms with Gasteiger partial charge in [0.25, 0.3) is 0 Å². The second-order valence-corrected chi connectivity index (χ2v) is 10.9. The monoisotopic (exact) mass is 574 g/mol. The average Bonchev–Trinajstić information content (AvgIpc) is 3.25. The third-order valence-corrected chi connectivity index (χ3v) is 7.95. The maximum absolute atomic E-state index is 12.1. The number of hydrogen-bond donors (Lipinski definition) is 2. The van der Waals surface area contributed by atoms with Crippen molar-refractivity contribution < 1.29 is 9.53 Å². The van der Waals surface area contributed by atoms with E-state index in [4.69, 9.17) is 9.72 Å². The average molecular weight is 575 g/mol. The van der Waals surface area contributed by atoms with Gasteiger partial charge in [0, 0.05) is 24.8 Å². The smallest absolute Gasteiger partial charge is 0.243 e. The Morgan fingerprint density at radius 3 is 2.81 bits per heavy atom. The van der Waals surface area contributed by atoms with Crippen molar-refractivity contribution in [1.82, 2.24) is 35.3 Å². The summed E-state index contributed by atoms with van der Waals surface area (Å²) in [5.41, 5.74) is 6.94. The molecule has 10 heteroatoms. The number of aromatic nitrogens is 6. The molecule has 218 valence electrons. The van der Waals surface area contributed by atoms with Gasteiger partial charge >= 0.3 is 0 Å². The highest BCUT2D eigenvalue weighted by molar-refractivity contribution is 5.89. The summed E-state index contributed by atoms with van der Waals surface area (Å²) in [5, 5.41) is 14.7. The first-order chi connectivity index (χ1) is 20.9. The van der Waals surface area contributed by atoms with E-state index in [1.807, 2.05) is 62.5 Å². The van der Waals surface area contributed by atoms with Crippen LogP contribution in [-0.2, 0) is 11.8 Å². The third kappa shape index (κ3) is 6.08. The van der Waals surface area contributed by atoms with E-state index in [1.165, 1.54) is 12.4 Å². The van der Waals surface area contributed by atoms with Gasteiger partial charge in [0.15, 0.2) is 5.82 Å². The Morgan fingerprint density at radius 1 is 1.12 bits per heavy atom. The lowest BCUT2D eigenvalue weighted by atomic mass is 9.93. The van der Waals surface area contributed by atoms with Crippen LogP contribution in [0.2, 0.25) is 0 Å². The highest BCUT2D eigenvalue weighted by Crippen LogP contribution is 2.34. The minimum Gasteiger partial charge on any atom is -0.457 e. The summed E-state index contributed by atoms with van der Waals surface area (Å²) in [6, 6.07) is 15.6. The number of amides is 1. The van der Waals surface area contributed by atoms with Crippen LogP contribution in [0.5, 0.6) is 11.5 Å². The van der Waals surface area contributed by atoms with Gasteiger partial charge in [-0.25, -0.2) is 19.6 Å². The van der Waals surface area contributed by atoms with Gasteiger partial charge in [0.2, 0.25) is 5.91 Å². The predicted molar refractivity (Wildman–Crippen MR) is 168 cm³/mol.